The second-order valence-electron chi connectivity index (χ2n) is 8.78. The molecule has 3 aromatic carbocycles. The van der Waals surface area contributed by atoms with Crippen molar-refractivity contribution in [3.63, 3.8) is 0 Å². The van der Waals surface area contributed by atoms with E-state index < -0.39 is 17.8 Å². The van der Waals surface area contributed by atoms with Gasteiger partial charge in [0.25, 0.3) is 0 Å². The van der Waals surface area contributed by atoms with Crippen LogP contribution in [-0.4, -0.2) is 34.8 Å². The average Bonchev–Trinajstić information content (AvgIpc) is 2.94. The van der Waals surface area contributed by atoms with Crippen LogP contribution in [0.4, 0.5) is 9.18 Å². The highest BCUT2D eigenvalue weighted by Gasteiger charge is 2.22. The van der Waals surface area contributed by atoms with Gasteiger partial charge in [0, 0.05) is 19.6 Å². The minimum absolute atomic E-state index is 0.0447. The third-order valence-electron chi connectivity index (χ3n) is 6.00. The highest BCUT2D eigenvalue weighted by atomic mass is 19.1. The topological polar surface area (TPSA) is 82.9 Å². The van der Waals surface area contributed by atoms with Crippen LogP contribution in [0.2, 0.25) is 0 Å². The van der Waals surface area contributed by atoms with E-state index in [1.807, 2.05) is 30.3 Å². The van der Waals surface area contributed by atoms with E-state index in [-0.39, 0.29) is 31.6 Å². The lowest BCUT2D eigenvalue weighted by Gasteiger charge is -2.27. The van der Waals surface area contributed by atoms with Crippen molar-refractivity contribution in [1.82, 2.24) is 15.1 Å². The Hall–Kier alpha value is -4.72. The van der Waals surface area contributed by atoms with Gasteiger partial charge >= 0.3 is 6.03 Å². The predicted octanol–water partition coefficient (Wildman–Crippen LogP) is 4.86. The zero-order valence-electron chi connectivity index (χ0n) is 20.8. The molecule has 0 atom stereocenters. The minimum atomic E-state index is -0.422. The molecule has 0 unspecified atom stereocenters. The summed E-state index contributed by atoms with van der Waals surface area (Å²) >= 11 is 0. The molecule has 3 amide bonds. The monoisotopic (exact) mass is 513 g/mol. The summed E-state index contributed by atoms with van der Waals surface area (Å²) in [6, 6.07) is 21.7. The van der Waals surface area contributed by atoms with Crippen molar-refractivity contribution in [1.29, 1.82) is 0 Å². The van der Waals surface area contributed by atoms with E-state index in [1.54, 1.807) is 36.4 Å². The van der Waals surface area contributed by atoms with E-state index in [9.17, 15) is 18.8 Å². The maximum absolute atomic E-state index is 13.5. The van der Waals surface area contributed by atoms with Crippen LogP contribution in [0.15, 0.2) is 107 Å². The van der Waals surface area contributed by atoms with Gasteiger partial charge in [0.05, 0.1) is 23.8 Å². The van der Waals surface area contributed by atoms with Gasteiger partial charge in [-0.15, -0.1) is 6.58 Å². The van der Waals surface area contributed by atoms with Gasteiger partial charge in [-0.05, 0) is 35.4 Å². The van der Waals surface area contributed by atoms with Crippen molar-refractivity contribution in [2.45, 2.75) is 19.6 Å². The molecule has 0 saturated carbocycles. The fourth-order valence-electron chi connectivity index (χ4n) is 4.00. The van der Waals surface area contributed by atoms with Crippen LogP contribution >= 0.6 is 0 Å². The zero-order chi connectivity index (χ0) is 26.9. The van der Waals surface area contributed by atoms with E-state index in [1.165, 1.54) is 34.3 Å². The Morgan fingerprint density at radius 1 is 0.895 bits per heavy atom. The third-order valence-corrected chi connectivity index (χ3v) is 6.00. The smallest absolute Gasteiger partial charge is 0.318 e. The minimum Gasteiger partial charge on any atom is -0.464 e. The molecule has 0 radical (unpaired) electrons. The molecular formula is C30H28FN3O4. The number of rotatable bonds is 10. The summed E-state index contributed by atoms with van der Waals surface area (Å²) in [5.74, 6) is -0.785. The van der Waals surface area contributed by atoms with Crippen molar-refractivity contribution in [2.24, 2.45) is 0 Å². The summed E-state index contributed by atoms with van der Waals surface area (Å²) in [7, 11) is 0. The maximum atomic E-state index is 13.5. The average molecular weight is 514 g/mol. The van der Waals surface area contributed by atoms with Crippen LogP contribution in [-0.2, 0) is 24.4 Å². The Bertz CT molecular complexity index is 1470. The Morgan fingerprint density at radius 2 is 1.61 bits per heavy atom. The lowest BCUT2D eigenvalue weighted by molar-refractivity contribution is -0.133. The molecule has 0 aliphatic heterocycles. The SMILES string of the molecule is C=CCN(CC(=O)N(Cc1ccc(F)cc1)Cc1coc2ccccc2c1=O)C(=O)NCc1ccccc1. The van der Waals surface area contributed by atoms with Gasteiger partial charge in [0.1, 0.15) is 17.9 Å². The summed E-state index contributed by atoms with van der Waals surface area (Å²) in [6.07, 6.45) is 2.89. The van der Waals surface area contributed by atoms with Crippen LogP contribution in [0, 0.1) is 5.82 Å². The van der Waals surface area contributed by atoms with Crippen molar-refractivity contribution in [3.05, 3.63) is 131 Å². The number of carbonyl (C=O) groups excluding carboxylic acids is 2. The van der Waals surface area contributed by atoms with Crippen LogP contribution < -0.4 is 10.7 Å². The van der Waals surface area contributed by atoms with Crippen molar-refractivity contribution < 1.29 is 18.4 Å². The molecule has 0 aliphatic rings. The fraction of sp³-hybridized carbons (Fsp3) is 0.167. The van der Waals surface area contributed by atoms with Gasteiger partial charge in [-0.25, -0.2) is 9.18 Å². The third kappa shape index (κ3) is 6.73. The summed E-state index contributed by atoms with van der Waals surface area (Å²) in [6.45, 7) is 3.98. The fourth-order valence-corrected chi connectivity index (χ4v) is 4.00. The first-order valence-corrected chi connectivity index (χ1v) is 12.1. The van der Waals surface area contributed by atoms with Crippen LogP contribution in [0.25, 0.3) is 11.0 Å². The summed E-state index contributed by atoms with van der Waals surface area (Å²) < 4.78 is 19.1. The lowest BCUT2D eigenvalue weighted by atomic mass is 10.1. The highest BCUT2D eigenvalue weighted by molar-refractivity contribution is 5.84. The summed E-state index contributed by atoms with van der Waals surface area (Å²) in [5.41, 5.74) is 2.10. The number of hydrogen-bond acceptors (Lipinski definition) is 4. The predicted molar refractivity (Wildman–Crippen MR) is 144 cm³/mol. The Morgan fingerprint density at radius 3 is 2.34 bits per heavy atom. The second kappa shape index (κ2) is 12.5. The van der Waals surface area contributed by atoms with Crippen LogP contribution in [0.5, 0.6) is 0 Å². The molecule has 4 rings (SSSR count). The highest BCUT2D eigenvalue weighted by Crippen LogP contribution is 2.15. The van der Waals surface area contributed by atoms with Gasteiger partial charge in [-0.3, -0.25) is 9.59 Å². The van der Waals surface area contributed by atoms with Crippen molar-refractivity contribution in [3.8, 4) is 0 Å². The van der Waals surface area contributed by atoms with Crippen LogP contribution in [0.1, 0.15) is 16.7 Å². The number of halogens is 1. The van der Waals surface area contributed by atoms with Gasteiger partial charge < -0.3 is 19.5 Å². The molecular weight excluding hydrogens is 485 g/mol. The zero-order valence-corrected chi connectivity index (χ0v) is 20.8. The van der Waals surface area contributed by atoms with Crippen molar-refractivity contribution >= 4 is 22.9 Å². The lowest BCUT2D eigenvalue weighted by Crippen LogP contribution is -2.46. The first-order valence-electron chi connectivity index (χ1n) is 12.1. The molecule has 0 fully saturated rings. The Kier molecular flexibility index (Phi) is 8.66. The molecule has 0 aliphatic carbocycles. The van der Waals surface area contributed by atoms with Crippen LogP contribution in [0.3, 0.4) is 0 Å². The molecule has 7 nitrogen and oxygen atoms in total. The first kappa shape index (κ1) is 26.3. The summed E-state index contributed by atoms with van der Waals surface area (Å²) in [5, 5.41) is 3.23. The number of hydrogen-bond donors (Lipinski definition) is 1. The largest absolute Gasteiger partial charge is 0.464 e. The van der Waals surface area contributed by atoms with E-state index in [2.05, 4.69) is 11.9 Å². The van der Waals surface area contributed by atoms with Gasteiger partial charge in [0.15, 0.2) is 5.43 Å². The number of nitrogens with one attached hydrogen (secondary N) is 1. The normalized spacial score (nSPS) is 10.7. The number of para-hydroxylation sites is 1. The molecule has 4 aromatic rings. The van der Waals surface area contributed by atoms with E-state index >= 15 is 0 Å². The van der Waals surface area contributed by atoms with E-state index in [0.29, 0.717) is 28.6 Å². The summed E-state index contributed by atoms with van der Waals surface area (Å²) in [4.78, 5) is 42.3. The maximum Gasteiger partial charge on any atom is 0.318 e. The standard InChI is InChI=1S/C30H28FN3O4/c1-2-16-33(30(37)32-17-22-8-4-3-5-9-22)20-28(35)34(18-23-12-14-25(31)15-13-23)19-24-21-38-27-11-7-6-10-26(27)29(24)36/h2-15,21H,1,16-20H2,(H,32,37). The van der Waals surface area contributed by atoms with Gasteiger partial charge in [0.2, 0.25) is 5.91 Å². The number of urea groups is 1. The Balaban J connectivity index is 1.55. The molecule has 1 N–H and O–H groups in total. The number of nitrogens with zero attached hydrogens (tertiary/aromatic N) is 2. The molecule has 194 valence electrons. The van der Waals surface area contributed by atoms with Crippen molar-refractivity contribution in [2.75, 3.05) is 13.1 Å². The molecule has 0 saturated heterocycles. The molecule has 8 heteroatoms. The second-order valence-corrected chi connectivity index (χ2v) is 8.78. The number of amides is 3. The molecule has 0 spiro atoms. The van der Waals surface area contributed by atoms with Gasteiger partial charge in [-0.2, -0.15) is 0 Å². The number of fused-ring (bicyclic) bond motifs is 1. The van der Waals surface area contributed by atoms with E-state index in [4.69, 9.17) is 4.42 Å². The molecule has 0 bridgehead atoms. The quantitative estimate of drug-likeness (QED) is 0.307. The number of benzene rings is 3. The number of carbonyl (C=O) groups is 2. The van der Waals surface area contributed by atoms with E-state index in [0.717, 1.165) is 5.56 Å². The first-order chi connectivity index (χ1) is 18.4. The molecule has 1 aromatic heterocycles. The van der Waals surface area contributed by atoms with Gasteiger partial charge in [-0.1, -0.05) is 60.7 Å². The Labute approximate surface area is 219 Å². The molecule has 1 heterocycles. The molecule has 38 heavy (non-hydrogen) atoms.